The molecule has 0 aromatic heterocycles. The molecular formula is C7H10F2N2O3S. The Labute approximate surface area is 85.7 Å². The predicted molar refractivity (Wildman–Crippen MR) is 49.5 cm³/mol. The highest BCUT2D eigenvalue weighted by molar-refractivity contribution is 7.90. The van der Waals surface area contributed by atoms with Crippen molar-refractivity contribution < 1.29 is 22.0 Å². The molecule has 15 heavy (non-hydrogen) atoms. The fourth-order valence-corrected chi connectivity index (χ4v) is 1.54. The van der Waals surface area contributed by atoms with Gasteiger partial charge in [-0.15, -0.1) is 0 Å². The first-order chi connectivity index (χ1) is 6.79. The fraction of sp³-hybridized carbons (Fsp3) is 0.714. The zero-order valence-electron chi connectivity index (χ0n) is 7.98. The number of sulfone groups is 1. The number of hydrazone groups is 1. The molecule has 1 rings (SSSR count). The van der Waals surface area contributed by atoms with Gasteiger partial charge in [-0.2, -0.15) is 5.10 Å². The molecule has 0 fully saturated rings. The van der Waals surface area contributed by atoms with Crippen molar-refractivity contribution in [1.29, 1.82) is 0 Å². The first-order valence-electron chi connectivity index (χ1n) is 4.13. The van der Waals surface area contributed by atoms with Crippen molar-refractivity contribution in [2.24, 2.45) is 5.10 Å². The van der Waals surface area contributed by atoms with Crippen LogP contribution < -0.4 is 0 Å². The van der Waals surface area contributed by atoms with Gasteiger partial charge in [0, 0.05) is 6.26 Å². The number of alkyl halides is 2. The lowest BCUT2D eigenvalue weighted by atomic mass is 10.3. The summed E-state index contributed by atoms with van der Waals surface area (Å²) in [5, 5.41) is 4.14. The lowest BCUT2D eigenvalue weighted by Crippen LogP contribution is -2.26. The number of hydrogen-bond donors (Lipinski definition) is 0. The molecule has 0 unspecified atom stereocenters. The van der Waals surface area contributed by atoms with Gasteiger partial charge in [0.25, 0.3) is 6.43 Å². The Hall–Kier alpha value is -1.05. The Kier molecular flexibility index (Phi) is 3.38. The van der Waals surface area contributed by atoms with Crippen LogP contribution in [0.3, 0.4) is 0 Å². The van der Waals surface area contributed by atoms with Crippen LogP contribution in [0, 0.1) is 0 Å². The van der Waals surface area contributed by atoms with E-state index in [0.717, 1.165) is 11.3 Å². The van der Waals surface area contributed by atoms with Crippen molar-refractivity contribution in [3.05, 3.63) is 0 Å². The Morgan fingerprint density at radius 1 is 1.53 bits per heavy atom. The van der Waals surface area contributed by atoms with Gasteiger partial charge in [-0.3, -0.25) is 4.79 Å². The van der Waals surface area contributed by atoms with Crippen molar-refractivity contribution in [3.63, 3.8) is 0 Å². The molecule has 0 aliphatic carbocycles. The first-order valence-corrected chi connectivity index (χ1v) is 6.19. The van der Waals surface area contributed by atoms with Crippen LogP contribution in [0.1, 0.15) is 6.42 Å². The zero-order valence-corrected chi connectivity index (χ0v) is 8.80. The number of rotatable bonds is 4. The van der Waals surface area contributed by atoms with E-state index >= 15 is 0 Å². The molecule has 0 saturated carbocycles. The molecule has 0 atom stereocenters. The lowest BCUT2D eigenvalue weighted by molar-refractivity contribution is -0.128. The second-order valence-electron chi connectivity index (χ2n) is 3.22. The van der Waals surface area contributed by atoms with E-state index in [2.05, 4.69) is 5.10 Å². The standard InChI is InChI=1S/C7H10F2N2O3S/c1-15(13,14)3-2-11-6(12)4-5(10-11)7(8)9/h7H,2-4H2,1H3. The fourth-order valence-electron chi connectivity index (χ4n) is 1.04. The number of halogens is 2. The topological polar surface area (TPSA) is 66.8 Å². The highest BCUT2D eigenvalue weighted by atomic mass is 32.2. The molecular weight excluding hydrogens is 230 g/mol. The average Bonchev–Trinajstić information content (AvgIpc) is 2.42. The number of hydrogen-bond acceptors (Lipinski definition) is 4. The molecule has 0 spiro atoms. The van der Waals surface area contributed by atoms with Crippen LogP contribution in [0.2, 0.25) is 0 Å². The normalized spacial score (nSPS) is 17.5. The van der Waals surface area contributed by atoms with Gasteiger partial charge in [0.1, 0.15) is 15.5 Å². The maximum absolute atomic E-state index is 12.1. The third-order valence-electron chi connectivity index (χ3n) is 1.80. The molecule has 0 radical (unpaired) electrons. The van der Waals surface area contributed by atoms with Gasteiger partial charge >= 0.3 is 0 Å². The van der Waals surface area contributed by atoms with Crippen LogP contribution in [-0.4, -0.2) is 50.0 Å². The van der Waals surface area contributed by atoms with Crippen molar-refractivity contribution in [1.82, 2.24) is 5.01 Å². The summed E-state index contributed by atoms with van der Waals surface area (Å²) < 4.78 is 45.8. The number of nitrogens with zero attached hydrogens (tertiary/aromatic N) is 2. The van der Waals surface area contributed by atoms with Crippen LogP contribution in [0.5, 0.6) is 0 Å². The minimum Gasteiger partial charge on any atom is -0.273 e. The van der Waals surface area contributed by atoms with E-state index in [1.54, 1.807) is 0 Å². The third-order valence-corrected chi connectivity index (χ3v) is 2.72. The van der Waals surface area contributed by atoms with E-state index in [1.165, 1.54) is 0 Å². The van der Waals surface area contributed by atoms with Gasteiger partial charge < -0.3 is 0 Å². The molecule has 0 aromatic carbocycles. The maximum atomic E-state index is 12.1. The van der Waals surface area contributed by atoms with Crippen LogP contribution in [0.15, 0.2) is 5.10 Å². The molecule has 1 aliphatic heterocycles. The van der Waals surface area contributed by atoms with Gasteiger partial charge in [-0.1, -0.05) is 0 Å². The van der Waals surface area contributed by atoms with E-state index < -0.39 is 34.3 Å². The Morgan fingerprint density at radius 2 is 2.13 bits per heavy atom. The second kappa shape index (κ2) is 4.21. The largest absolute Gasteiger partial charge is 0.278 e. The van der Waals surface area contributed by atoms with Gasteiger partial charge in [0.05, 0.1) is 18.7 Å². The zero-order chi connectivity index (χ0) is 11.6. The van der Waals surface area contributed by atoms with Crippen LogP contribution in [-0.2, 0) is 14.6 Å². The summed E-state index contributed by atoms with van der Waals surface area (Å²) in [4.78, 5) is 11.1. The van der Waals surface area contributed by atoms with Crippen molar-refractivity contribution in [3.8, 4) is 0 Å². The Balaban J connectivity index is 2.60. The molecule has 5 nitrogen and oxygen atoms in total. The second-order valence-corrected chi connectivity index (χ2v) is 5.48. The number of amides is 1. The van der Waals surface area contributed by atoms with E-state index in [0.29, 0.717) is 0 Å². The molecule has 8 heteroatoms. The quantitative estimate of drug-likeness (QED) is 0.688. The van der Waals surface area contributed by atoms with E-state index in [1.807, 2.05) is 0 Å². The minimum absolute atomic E-state index is 0.173. The van der Waals surface area contributed by atoms with Crippen LogP contribution >= 0.6 is 0 Å². The molecule has 0 aromatic rings. The smallest absolute Gasteiger partial charge is 0.273 e. The molecule has 0 N–H and O–H groups in total. The summed E-state index contributed by atoms with van der Waals surface area (Å²) >= 11 is 0. The SMILES string of the molecule is CS(=O)(=O)CCN1N=C(C(F)F)CC1=O. The first kappa shape index (κ1) is 12.0. The molecule has 1 heterocycles. The number of carbonyl (C=O) groups excluding carboxylic acids is 1. The summed E-state index contributed by atoms with van der Waals surface area (Å²) in [5.41, 5.74) is -0.506. The molecule has 0 bridgehead atoms. The minimum atomic E-state index is -3.22. The molecule has 1 aliphatic rings. The number of carbonyl (C=O) groups is 1. The third kappa shape index (κ3) is 3.54. The molecule has 1 amide bonds. The summed E-state index contributed by atoms with van der Waals surface area (Å²) in [7, 11) is -3.22. The average molecular weight is 240 g/mol. The highest BCUT2D eigenvalue weighted by Crippen LogP contribution is 2.13. The Bertz CT molecular complexity index is 391. The summed E-state index contributed by atoms with van der Waals surface area (Å²) in [6, 6.07) is 0. The monoisotopic (exact) mass is 240 g/mol. The van der Waals surface area contributed by atoms with Gasteiger partial charge in [0.15, 0.2) is 0 Å². The van der Waals surface area contributed by atoms with Crippen LogP contribution in [0.25, 0.3) is 0 Å². The summed E-state index contributed by atoms with van der Waals surface area (Å²) in [6.07, 6.45) is -2.19. The molecule has 0 saturated heterocycles. The predicted octanol–water partition coefficient (Wildman–Crippen LogP) is -0.116. The maximum Gasteiger partial charge on any atom is 0.278 e. The van der Waals surface area contributed by atoms with E-state index in [-0.39, 0.29) is 12.3 Å². The Morgan fingerprint density at radius 3 is 2.53 bits per heavy atom. The van der Waals surface area contributed by atoms with E-state index in [4.69, 9.17) is 0 Å². The van der Waals surface area contributed by atoms with Crippen molar-refractivity contribution in [2.75, 3.05) is 18.6 Å². The van der Waals surface area contributed by atoms with Crippen molar-refractivity contribution >= 4 is 21.5 Å². The summed E-state index contributed by atoms with van der Waals surface area (Å²) in [6.45, 7) is -0.173. The summed E-state index contributed by atoms with van der Waals surface area (Å²) in [5.74, 6) is -0.868. The van der Waals surface area contributed by atoms with Gasteiger partial charge in [0.2, 0.25) is 5.91 Å². The van der Waals surface area contributed by atoms with Crippen LogP contribution in [0.4, 0.5) is 8.78 Å². The highest BCUT2D eigenvalue weighted by Gasteiger charge is 2.29. The molecule has 86 valence electrons. The van der Waals surface area contributed by atoms with Crippen molar-refractivity contribution in [2.45, 2.75) is 12.8 Å². The van der Waals surface area contributed by atoms with Gasteiger partial charge in [-0.05, 0) is 0 Å². The van der Waals surface area contributed by atoms with Gasteiger partial charge in [-0.25, -0.2) is 22.2 Å². The lowest BCUT2D eigenvalue weighted by Gasteiger charge is -2.09. The van der Waals surface area contributed by atoms with E-state index in [9.17, 15) is 22.0 Å².